The molecule has 2 N–H and O–H groups in total. The molecule has 0 aliphatic carbocycles. The Morgan fingerprint density at radius 1 is 1.00 bits per heavy atom. The fourth-order valence-electron chi connectivity index (χ4n) is 2.61. The van der Waals surface area contributed by atoms with E-state index in [1.807, 2.05) is 0 Å². The molecule has 156 valence electrons. The van der Waals surface area contributed by atoms with Crippen LogP contribution >= 0.6 is 11.3 Å². The molecular formula is C20H18N2O6S2. The molecule has 0 aliphatic rings. The monoisotopic (exact) mass is 446 g/mol. The molecule has 0 fully saturated rings. The smallest absolute Gasteiger partial charge is 0.341 e. The molecule has 0 saturated carbocycles. The van der Waals surface area contributed by atoms with Crippen LogP contribution in [0.2, 0.25) is 0 Å². The van der Waals surface area contributed by atoms with E-state index < -0.39 is 21.9 Å². The van der Waals surface area contributed by atoms with Gasteiger partial charge in [-0.25, -0.2) is 13.2 Å². The number of ether oxygens (including phenoxy) is 2. The van der Waals surface area contributed by atoms with Crippen LogP contribution in [0.4, 0.5) is 11.4 Å². The molecule has 1 amide bonds. The first-order valence-corrected chi connectivity index (χ1v) is 10.9. The minimum atomic E-state index is -3.84. The second-order valence-electron chi connectivity index (χ2n) is 5.94. The Balaban J connectivity index is 1.83. The molecule has 0 radical (unpaired) electrons. The van der Waals surface area contributed by atoms with Gasteiger partial charge in [-0.3, -0.25) is 9.52 Å². The van der Waals surface area contributed by atoms with Crippen LogP contribution in [0.5, 0.6) is 5.75 Å². The first kappa shape index (κ1) is 21.3. The third-order valence-electron chi connectivity index (χ3n) is 4.03. The van der Waals surface area contributed by atoms with Crippen LogP contribution in [0.25, 0.3) is 0 Å². The molecule has 8 nitrogen and oxygen atoms in total. The number of benzene rings is 2. The molecule has 1 aromatic heterocycles. The molecule has 1 heterocycles. The summed E-state index contributed by atoms with van der Waals surface area (Å²) in [6, 6.07) is 13.9. The van der Waals surface area contributed by atoms with E-state index >= 15 is 0 Å². The number of hydrogen-bond acceptors (Lipinski definition) is 7. The molecule has 30 heavy (non-hydrogen) atoms. The Kier molecular flexibility index (Phi) is 6.38. The summed E-state index contributed by atoms with van der Waals surface area (Å²) >= 11 is 1.08. The largest absolute Gasteiger partial charge is 0.496 e. The molecule has 0 bridgehead atoms. The minimum Gasteiger partial charge on any atom is -0.496 e. The first-order chi connectivity index (χ1) is 14.4. The molecule has 0 unspecified atom stereocenters. The lowest BCUT2D eigenvalue weighted by Gasteiger charge is -2.11. The van der Waals surface area contributed by atoms with Gasteiger partial charge in [-0.2, -0.15) is 0 Å². The summed E-state index contributed by atoms with van der Waals surface area (Å²) in [4.78, 5) is 24.9. The molecule has 0 spiro atoms. The molecule has 3 aromatic rings. The predicted molar refractivity (Wildman–Crippen MR) is 114 cm³/mol. The third-order valence-corrected chi connectivity index (χ3v) is 6.33. The number of sulfonamides is 1. The Morgan fingerprint density at radius 3 is 2.40 bits per heavy atom. The van der Waals surface area contributed by atoms with Gasteiger partial charge in [0.15, 0.2) is 0 Å². The van der Waals surface area contributed by atoms with E-state index in [0.29, 0.717) is 11.4 Å². The Labute approximate surface area is 177 Å². The van der Waals surface area contributed by atoms with Gasteiger partial charge in [0.1, 0.15) is 16.2 Å². The van der Waals surface area contributed by atoms with Crippen LogP contribution in [0.3, 0.4) is 0 Å². The zero-order valence-corrected chi connectivity index (χ0v) is 17.7. The van der Waals surface area contributed by atoms with Crippen molar-refractivity contribution in [1.82, 2.24) is 0 Å². The number of carbonyl (C=O) groups is 2. The lowest BCUT2D eigenvalue weighted by atomic mass is 10.1. The molecule has 2 aromatic carbocycles. The molecule has 0 aliphatic heterocycles. The van der Waals surface area contributed by atoms with Gasteiger partial charge in [-0.05, 0) is 41.8 Å². The van der Waals surface area contributed by atoms with E-state index in [-0.39, 0.29) is 21.0 Å². The highest BCUT2D eigenvalue weighted by molar-refractivity contribution is 7.92. The van der Waals surface area contributed by atoms with Crippen molar-refractivity contribution < 1.29 is 27.5 Å². The lowest BCUT2D eigenvalue weighted by molar-refractivity contribution is 0.0597. The van der Waals surface area contributed by atoms with Gasteiger partial charge >= 0.3 is 5.97 Å². The number of hydrogen-bond donors (Lipinski definition) is 2. The van der Waals surface area contributed by atoms with E-state index in [4.69, 9.17) is 9.47 Å². The Bertz CT molecular complexity index is 1170. The van der Waals surface area contributed by atoms with Crippen LogP contribution in [-0.2, 0) is 14.8 Å². The summed E-state index contributed by atoms with van der Waals surface area (Å²) in [6.45, 7) is 0. The minimum absolute atomic E-state index is 0.0837. The average molecular weight is 447 g/mol. The van der Waals surface area contributed by atoms with Crippen LogP contribution in [0.1, 0.15) is 20.0 Å². The molecule has 0 atom stereocenters. The topological polar surface area (TPSA) is 111 Å². The summed E-state index contributed by atoms with van der Waals surface area (Å²) in [7, 11) is -1.19. The van der Waals surface area contributed by atoms with Gasteiger partial charge in [0.05, 0.1) is 24.8 Å². The van der Waals surface area contributed by atoms with Crippen molar-refractivity contribution in [3.63, 3.8) is 0 Å². The lowest BCUT2D eigenvalue weighted by Crippen LogP contribution is -2.17. The summed E-state index contributed by atoms with van der Waals surface area (Å²) in [5, 5.41) is 4.26. The summed E-state index contributed by atoms with van der Waals surface area (Å²) in [6.07, 6.45) is 0. The molecule has 10 heteroatoms. The van der Waals surface area contributed by atoms with Crippen molar-refractivity contribution in [2.45, 2.75) is 4.90 Å². The van der Waals surface area contributed by atoms with Crippen molar-refractivity contribution in [3.05, 3.63) is 70.4 Å². The van der Waals surface area contributed by atoms with E-state index in [9.17, 15) is 18.0 Å². The van der Waals surface area contributed by atoms with Gasteiger partial charge in [-0.15, -0.1) is 11.3 Å². The Hall–Kier alpha value is -3.37. The van der Waals surface area contributed by atoms with Crippen molar-refractivity contribution in [3.8, 4) is 5.75 Å². The van der Waals surface area contributed by atoms with Crippen molar-refractivity contribution in [1.29, 1.82) is 0 Å². The second-order valence-corrected chi connectivity index (χ2v) is 8.54. The normalized spacial score (nSPS) is 10.9. The molecule has 0 saturated heterocycles. The maximum absolute atomic E-state index is 12.7. The number of anilines is 2. The zero-order valence-electron chi connectivity index (χ0n) is 16.0. The zero-order chi connectivity index (χ0) is 21.7. The third kappa shape index (κ3) is 4.61. The molecular weight excluding hydrogens is 428 g/mol. The average Bonchev–Trinajstić information content (AvgIpc) is 3.21. The highest BCUT2D eigenvalue weighted by Crippen LogP contribution is 2.28. The number of esters is 1. The Morgan fingerprint density at radius 2 is 1.73 bits per heavy atom. The number of thiophene rings is 1. The van der Waals surface area contributed by atoms with Crippen LogP contribution < -0.4 is 14.8 Å². The van der Waals surface area contributed by atoms with E-state index in [1.165, 1.54) is 44.6 Å². The summed E-state index contributed by atoms with van der Waals surface area (Å²) < 4.78 is 37.4. The first-order valence-electron chi connectivity index (χ1n) is 8.59. The van der Waals surface area contributed by atoms with Gasteiger partial charge < -0.3 is 14.8 Å². The van der Waals surface area contributed by atoms with E-state index in [1.54, 1.807) is 29.6 Å². The number of rotatable bonds is 7. The maximum Gasteiger partial charge on any atom is 0.341 e. The van der Waals surface area contributed by atoms with Gasteiger partial charge in [0, 0.05) is 5.69 Å². The number of amides is 1. The summed E-state index contributed by atoms with van der Waals surface area (Å²) in [5.74, 6) is -0.848. The number of carbonyl (C=O) groups excluding carboxylic acids is 2. The van der Waals surface area contributed by atoms with E-state index in [2.05, 4.69) is 10.0 Å². The summed E-state index contributed by atoms with van der Waals surface area (Å²) in [5.41, 5.74) is 0.628. The number of nitrogens with one attached hydrogen (secondary N) is 2. The predicted octanol–water partition coefficient (Wildman–Crippen LogP) is 3.60. The van der Waals surface area contributed by atoms with Crippen molar-refractivity contribution >= 4 is 44.6 Å². The SMILES string of the molecule is COC(=O)c1cc(NC(=O)c2sccc2NS(=O)(=O)c2ccccc2)ccc1OC. The van der Waals surface area contributed by atoms with Gasteiger partial charge in [0.2, 0.25) is 0 Å². The van der Waals surface area contributed by atoms with E-state index in [0.717, 1.165) is 11.3 Å². The second kappa shape index (κ2) is 8.97. The molecule has 3 rings (SSSR count). The van der Waals surface area contributed by atoms with Gasteiger partial charge in [-0.1, -0.05) is 18.2 Å². The number of methoxy groups -OCH3 is 2. The van der Waals surface area contributed by atoms with Crippen LogP contribution in [0, 0.1) is 0 Å². The van der Waals surface area contributed by atoms with Crippen LogP contribution in [-0.4, -0.2) is 34.5 Å². The van der Waals surface area contributed by atoms with Gasteiger partial charge in [0.25, 0.3) is 15.9 Å². The highest BCUT2D eigenvalue weighted by Gasteiger charge is 2.21. The van der Waals surface area contributed by atoms with Crippen molar-refractivity contribution in [2.24, 2.45) is 0 Å². The fraction of sp³-hybridized carbons (Fsp3) is 0.100. The van der Waals surface area contributed by atoms with Crippen molar-refractivity contribution in [2.75, 3.05) is 24.3 Å². The fourth-order valence-corrected chi connectivity index (χ4v) is 4.51. The quantitative estimate of drug-likeness (QED) is 0.537. The van der Waals surface area contributed by atoms with Crippen LogP contribution in [0.15, 0.2) is 64.9 Å². The maximum atomic E-state index is 12.7. The standard InChI is InChI=1S/C20H18N2O6S2/c1-27-17-9-8-13(12-15(17)20(24)28-2)21-19(23)18-16(10-11-29-18)22-30(25,26)14-6-4-3-5-7-14/h3-12,22H,1-2H3,(H,21,23). The highest BCUT2D eigenvalue weighted by atomic mass is 32.2.